The van der Waals surface area contributed by atoms with Crippen molar-refractivity contribution in [3.63, 3.8) is 0 Å². The minimum atomic E-state index is -0.0761. The Kier molecular flexibility index (Phi) is 4.74. The van der Waals surface area contributed by atoms with E-state index in [2.05, 4.69) is 26.2 Å². The minimum Gasteiger partial charge on any atom is -0.326 e. The molecule has 0 aliphatic heterocycles. The lowest BCUT2D eigenvalue weighted by Crippen LogP contribution is -2.14. The summed E-state index contributed by atoms with van der Waals surface area (Å²) in [6.07, 6.45) is 0.275. The number of nitrogens with one attached hydrogen (secondary N) is 1. The normalized spacial score (nSPS) is 10.3. The van der Waals surface area contributed by atoms with E-state index >= 15 is 0 Å². The summed E-state index contributed by atoms with van der Waals surface area (Å²) in [6, 6.07) is 7.44. The number of aromatic nitrogens is 1. The molecule has 18 heavy (non-hydrogen) atoms. The molecular weight excluding hydrogens is 336 g/mol. The van der Waals surface area contributed by atoms with Gasteiger partial charge in [-0.05, 0) is 24.3 Å². The third kappa shape index (κ3) is 3.80. The van der Waals surface area contributed by atoms with Gasteiger partial charge >= 0.3 is 0 Å². The maximum absolute atomic E-state index is 11.8. The van der Waals surface area contributed by atoms with Gasteiger partial charge in [-0.1, -0.05) is 15.9 Å². The Balaban J connectivity index is 1.94. The highest BCUT2D eigenvalue weighted by Crippen LogP contribution is 2.16. The number of benzene rings is 1. The van der Waals surface area contributed by atoms with Crippen LogP contribution in [0.2, 0.25) is 0 Å². The van der Waals surface area contributed by atoms with Crippen molar-refractivity contribution in [3.05, 3.63) is 44.8 Å². The molecule has 3 nitrogen and oxygen atoms in total. The average Bonchev–Trinajstić information content (AvgIpc) is 2.79. The molecule has 0 spiro atoms. The molecule has 0 aliphatic carbocycles. The van der Waals surface area contributed by atoms with Crippen LogP contribution in [0.15, 0.2) is 34.1 Å². The summed E-state index contributed by atoms with van der Waals surface area (Å²) in [5.41, 5.74) is 1.59. The van der Waals surface area contributed by atoms with Gasteiger partial charge in [-0.25, -0.2) is 4.98 Å². The maximum atomic E-state index is 11.8. The van der Waals surface area contributed by atoms with Crippen LogP contribution in [-0.4, -0.2) is 10.9 Å². The number of thiazole rings is 1. The lowest BCUT2D eigenvalue weighted by molar-refractivity contribution is -0.115. The van der Waals surface area contributed by atoms with Gasteiger partial charge in [0, 0.05) is 15.5 Å². The Morgan fingerprint density at radius 1 is 1.39 bits per heavy atom. The van der Waals surface area contributed by atoms with E-state index in [0.29, 0.717) is 5.88 Å². The Labute approximate surface area is 122 Å². The van der Waals surface area contributed by atoms with Crippen LogP contribution in [-0.2, 0) is 17.1 Å². The molecule has 0 fully saturated rings. The largest absolute Gasteiger partial charge is 0.326 e. The summed E-state index contributed by atoms with van der Waals surface area (Å²) in [4.78, 5) is 16.0. The van der Waals surface area contributed by atoms with Gasteiger partial charge < -0.3 is 5.32 Å². The number of halogens is 2. The lowest BCUT2D eigenvalue weighted by Gasteiger charge is -2.03. The molecule has 0 bridgehead atoms. The molecule has 2 rings (SSSR count). The number of nitrogens with zero attached hydrogens (tertiary/aromatic N) is 1. The molecule has 1 aromatic carbocycles. The van der Waals surface area contributed by atoms with Gasteiger partial charge in [-0.2, -0.15) is 0 Å². The highest BCUT2D eigenvalue weighted by molar-refractivity contribution is 9.10. The van der Waals surface area contributed by atoms with Crippen LogP contribution < -0.4 is 5.32 Å². The summed E-state index contributed by atoms with van der Waals surface area (Å²) >= 11 is 10.5. The van der Waals surface area contributed by atoms with Crippen molar-refractivity contribution in [1.29, 1.82) is 0 Å². The zero-order chi connectivity index (χ0) is 13.0. The van der Waals surface area contributed by atoms with E-state index in [1.165, 1.54) is 11.3 Å². The molecule has 1 amide bonds. The van der Waals surface area contributed by atoms with Gasteiger partial charge in [-0.3, -0.25) is 4.79 Å². The number of hydrogen-bond acceptors (Lipinski definition) is 3. The predicted octanol–water partition coefficient (Wildman–Crippen LogP) is 3.83. The minimum absolute atomic E-state index is 0.0761. The van der Waals surface area contributed by atoms with Gasteiger partial charge in [-0.15, -0.1) is 22.9 Å². The number of hydrogen-bond donors (Lipinski definition) is 1. The second-order valence-corrected chi connectivity index (χ2v) is 5.72. The van der Waals surface area contributed by atoms with Crippen molar-refractivity contribution in [2.75, 3.05) is 5.32 Å². The molecule has 1 heterocycles. The van der Waals surface area contributed by atoms with E-state index in [-0.39, 0.29) is 12.3 Å². The van der Waals surface area contributed by atoms with E-state index in [0.717, 1.165) is 20.9 Å². The monoisotopic (exact) mass is 344 g/mol. The fourth-order valence-corrected chi connectivity index (χ4v) is 2.65. The fraction of sp³-hybridized carbons (Fsp3) is 0.167. The second-order valence-electron chi connectivity index (χ2n) is 3.60. The second kappa shape index (κ2) is 6.31. The highest BCUT2D eigenvalue weighted by atomic mass is 79.9. The van der Waals surface area contributed by atoms with Gasteiger partial charge in [0.2, 0.25) is 5.91 Å². The van der Waals surface area contributed by atoms with Gasteiger partial charge in [0.25, 0.3) is 0 Å². The van der Waals surface area contributed by atoms with Gasteiger partial charge in [0.15, 0.2) is 0 Å². The van der Waals surface area contributed by atoms with Crippen molar-refractivity contribution in [3.8, 4) is 0 Å². The molecule has 0 atom stereocenters. The first-order valence-corrected chi connectivity index (χ1v) is 7.43. The van der Waals surface area contributed by atoms with Crippen LogP contribution in [0.4, 0.5) is 5.69 Å². The Morgan fingerprint density at radius 2 is 2.11 bits per heavy atom. The summed E-state index contributed by atoms with van der Waals surface area (Å²) in [6.45, 7) is 0. The summed E-state index contributed by atoms with van der Waals surface area (Å²) in [7, 11) is 0. The first-order chi connectivity index (χ1) is 8.67. The van der Waals surface area contributed by atoms with Crippen LogP contribution in [0.3, 0.4) is 0 Å². The van der Waals surface area contributed by atoms with Crippen LogP contribution in [0.1, 0.15) is 10.7 Å². The highest BCUT2D eigenvalue weighted by Gasteiger charge is 2.08. The van der Waals surface area contributed by atoms with Crippen LogP contribution >= 0.6 is 38.9 Å². The standard InChI is InChI=1S/C12H10BrClN2OS/c13-8-1-3-9(4-2-8)15-11(17)5-12-16-10(6-14)7-18-12/h1-4,7H,5-6H2,(H,15,17). The van der Waals surface area contributed by atoms with E-state index < -0.39 is 0 Å². The summed E-state index contributed by atoms with van der Waals surface area (Å²) in [5.74, 6) is 0.304. The zero-order valence-electron chi connectivity index (χ0n) is 9.32. The van der Waals surface area contributed by atoms with Crippen molar-refractivity contribution in [2.45, 2.75) is 12.3 Å². The van der Waals surface area contributed by atoms with Gasteiger partial charge in [0.1, 0.15) is 5.01 Å². The lowest BCUT2D eigenvalue weighted by atomic mass is 10.3. The molecule has 1 N–H and O–H groups in total. The van der Waals surface area contributed by atoms with Gasteiger partial charge in [0.05, 0.1) is 18.0 Å². The smallest absolute Gasteiger partial charge is 0.231 e. The third-order valence-electron chi connectivity index (χ3n) is 2.18. The van der Waals surface area contributed by atoms with E-state index in [4.69, 9.17) is 11.6 Å². The summed E-state index contributed by atoms with van der Waals surface area (Å²) < 4.78 is 0.979. The van der Waals surface area contributed by atoms with E-state index in [9.17, 15) is 4.79 Å². The van der Waals surface area contributed by atoms with Crippen molar-refractivity contribution in [2.24, 2.45) is 0 Å². The number of carbonyl (C=O) groups is 1. The predicted molar refractivity (Wildman–Crippen MR) is 78.1 cm³/mol. The summed E-state index contributed by atoms with van der Waals surface area (Å²) in [5, 5.41) is 5.47. The molecule has 0 saturated carbocycles. The number of amides is 1. The van der Waals surface area contributed by atoms with Crippen LogP contribution in [0, 0.1) is 0 Å². The van der Waals surface area contributed by atoms with Crippen molar-refractivity contribution >= 4 is 50.5 Å². The molecule has 2 aromatic rings. The first-order valence-electron chi connectivity index (χ1n) is 5.22. The molecule has 0 saturated heterocycles. The number of rotatable bonds is 4. The molecule has 0 aliphatic rings. The fourth-order valence-electron chi connectivity index (χ4n) is 1.37. The SMILES string of the molecule is O=C(Cc1nc(CCl)cs1)Nc1ccc(Br)cc1. The number of alkyl halides is 1. The number of carbonyl (C=O) groups excluding carboxylic acids is 1. The molecular formula is C12H10BrClN2OS. The van der Waals surface area contributed by atoms with Crippen LogP contribution in [0.25, 0.3) is 0 Å². The first kappa shape index (κ1) is 13.5. The molecule has 0 radical (unpaired) electrons. The van der Waals surface area contributed by atoms with Crippen LogP contribution in [0.5, 0.6) is 0 Å². The Morgan fingerprint density at radius 3 is 2.72 bits per heavy atom. The average molecular weight is 346 g/mol. The third-order valence-corrected chi connectivity index (χ3v) is 3.88. The molecule has 94 valence electrons. The molecule has 6 heteroatoms. The maximum Gasteiger partial charge on any atom is 0.231 e. The van der Waals surface area contributed by atoms with E-state index in [1.54, 1.807) is 0 Å². The zero-order valence-corrected chi connectivity index (χ0v) is 12.5. The quantitative estimate of drug-likeness (QED) is 0.856. The number of anilines is 1. The Hall–Kier alpha value is -0.910. The topological polar surface area (TPSA) is 42.0 Å². The van der Waals surface area contributed by atoms with Crippen molar-refractivity contribution in [1.82, 2.24) is 4.98 Å². The Bertz CT molecular complexity index is 541. The van der Waals surface area contributed by atoms with Crippen molar-refractivity contribution < 1.29 is 4.79 Å². The molecule has 0 unspecified atom stereocenters. The molecule has 1 aromatic heterocycles. The van der Waals surface area contributed by atoms with E-state index in [1.807, 2.05) is 29.6 Å².